The molecule has 1 amide bonds. The normalized spacial score (nSPS) is 15.6. The number of aliphatic imine (C=N–C) groups is 1. The maximum absolute atomic E-state index is 12.5. The van der Waals surface area contributed by atoms with Crippen LogP contribution in [0.25, 0.3) is 0 Å². The lowest BCUT2D eigenvalue weighted by Gasteiger charge is -2.20. The topological polar surface area (TPSA) is 53.5 Å². The van der Waals surface area contributed by atoms with Crippen LogP contribution in [0.3, 0.4) is 0 Å². The van der Waals surface area contributed by atoms with Crippen molar-refractivity contribution >= 4 is 11.7 Å². The van der Waals surface area contributed by atoms with Gasteiger partial charge in [-0.05, 0) is 19.3 Å². The van der Waals surface area contributed by atoms with Gasteiger partial charge in [0.05, 0.1) is 6.54 Å². The minimum Gasteiger partial charge on any atom is -0.352 e. The van der Waals surface area contributed by atoms with Gasteiger partial charge < -0.3 is 10.6 Å². The summed E-state index contributed by atoms with van der Waals surface area (Å²) in [7, 11) is 0. The van der Waals surface area contributed by atoms with E-state index in [1.807, 2.05) is 0 Å². The van der Waals surface area contributed by atoms with Gasteiger partial charge in [0.25, 0.3) is 0 Å². The zero-order chi connectivity index (χ0) is 29.6. The molecule has 0 aromatic carbocycles. The van der Waals surface area contributed by atoms with E-state index in [1.165, 1.54) is 173 Å². The molecule has 4 nitrogen and oxygen atoms in total. The standard InChI is InChI=1S/C37H73N3O/c1-4-7-9-11-13-15-17-19-21-23-25-27-29-32-36(41)39-35-33-38-37(40-35)34(30-6-3)31-28-26-24-22-20-18-16-14-12-10-8-5-2/h34-35H,4-33H2,1-3H3,(H,38,40)(H,39,41). The lowest BCUT2D eigenvalue weighted by molar-refractivity contribution is -0.121. The number of amides is 1. The average Bonchev–Trinajstić information content (AvgIpc) is 3.43. The second-order valence-electron chi connectivity index (χ2n) is 13.1. The van der Waals surface area contributed by atoms with E-state index in [-0.39, 0.29) is 12.1 Å². The van der Waals surface area contributed by atoms with Crippen LogP contribution in [-0.2, 0) is 4.79 Å². The Bertz CT molecular complexity index is 605. The quantitative estimate of drug-likeness (QED) is 0.0808. The van der Waals surface area contributed by atoms with Gasteiger partial charge in [0.15, 0.2) is 0 Å². The predicted molar refractivity (Wildman–Crippen MR) is 182 cm³/mol. The second-order valence-corrected chi connectivity index (χ2v) is 13.1. The molecule has 4 heteroatoms. The maximum Gasteiger partial charge on any atom is 0.221 e. The summed E-state index contributed by atoms with van der Waals surface area (Å²) in [5, 5.41) is 6.77. The molecule has 41 heavy (non-hydrogen) atoms. The molecule has 1 heterocycles. The van der Waals surface area contributed by atoms with Crippen molar-refractivity contribution in [3.8, 4) is 0 Å². The number of rotatable bonds is 31. The summed E-state index contributed by atoms with van der Waals surface area (Å²) in [5.74, 6) is 1.88. The molecule has 2 atom stereocenters. The molecule has 1 aliphatic heterocycles. The fourth-order valence-electron chi connectivity index (χ4n) is 6.36. The number of hydrogen-bond acceptors (Lipinski definition) is 3. The summed E-state index contributed by atoms with van der Waals surface area (Å²) in [5.41, 5.74) is 0. The van der Waals surface area contributed by atoms with Crippen molar-refractivity contribution in [3.05, 3.63) is 0 Å². The highest BCUT2D eigenvalue weighted by Gasteiger charge is 2.24. The van der Waals surface area contributed by atoms with E-state index < -0.39 is 0 Å². The van der Waals surface area contributed by atoms with Gasteiger partial charge in [-0.3, -0.25) is 9.79 Å². The van der Waals surface area contributed by atoms with Gasteiger partial charge in [0.1, 0.15) is 12.0 Å². The molecule has 2 N–H and O–H groups in total. The van der Waals surface area contributed by atoms with E-state index >= 15 is 0 Å². The monoisotopic (exact) mass is 576 g/mol. The largest absolute Gasteiger partial charge is 0.352 e. The van der Waals surface area contributed by atoms with Gasteiger partial charge in [0, 0.05) is 12.3 Å². The van der Waals surface area contributed by atoms with Gasteiger partial charge in [-0.2, -0.15) is 0 Å². The third-order valence-electron chi connectivity index (χ3n) is 9.04. The molecule has 0 fully saturated rings. The molecule has 0 saturated carbocycles. The van der Waals surface area contributed by atoms with E-state index in [2.05, 4.69) is 31.4 Å². The molecule has 1 rings (SSSR count). The lowest BCUT2D eigenvalue weighted by atomic mass is 9.94. The first-order valence-electron chi connectivity index (χ1n) is 18.8. The number of amidine groups is 1. The SMILES string of the molecule is CCCCCCCCCCCCCCCC(=O)NC1CN=C(C(CCC)CCCCCCCCCCCCCC)N1. The van der Waals surface area contributed by atoms with E-state index in [0.717, 1.165) is 12.3 Å². The van der Waals surface area contributed by atoms with Crippen LogP contribution in [0.4, 0.5) is 0 Å². The molecule has 0 aliphatic carbocycles. The van der Waals surface area contributed by atoms with Gasteiger partial charge in [0.2, 0.25) is 5.91 Å². The third kappa shape index (κ3) is 23.1. The number of carbonyl (C=O) groups excluding carboxylic acids is 1. The van der Waals surface area contributed by atoms with Gasteiger partial charge >= 0.3 is 0 Å². The highest BCUT2D eigenvalue weighted by Crippen LogP contribution is 2.20. The Kier molecular flexibility index (Phi) is 26.9. The summed E-state index contributed by atoms with van der Waals surface area (Å²) in [6.45, 7) is 7.55. The fourth-order valence-corrected chi connectivity index (χ4v) is 6.36. The molecule has 242 valence electrons. The Morgan fingerprint density at radius 1 is 0.610 bits per heavy atom. The van der Waals surface area contributed by atoms with Crippen LogP contribution in [0.2, 0.25) is 0 Å². The number of nitrogens with zero attached hydrogens (tertiary/aromatic N) is 1. The molecular weight excluding hydrogens is 502 g/mol. The highest BCUT2D eigenvalue weighted by atomic mass is 16.1. The van der Waals surface area contributed by atoms with E-state index in [4.69, 9.17) is 4.99 Å². The Hall–Kier alpha value is -1.06. The van der Waals surface area contributed by atoms with Gasteiger partial charge in [-0.1, -0.05) is 181 Å². The smallest absolute Gasteiger partial charge is 0.221 e. The van der Waals surface area contributed by atoms with Crippen LogP contribution in [0.1, 0.15) is 207 Å². The highest BCUT2D eigenvalue weighted by molar-refractivity contribution is 5.87. The van der Waals surface area contributed by atoms with Gasteiger partial charge in [-0.25, -0.2) is 0 Å². The van der Waals surface area contributed by atoms with Crippen LogP contribution in [0, 0.1) is 5.92 Å². The first kappa shape index (κ1) is 38.0. The molecule has 0 aromatic rings. The Morgan fingerprint density at radius 2 is 1.02 bits per heavy atom. The van der Waals surface area contributed by atoms with Gasteiger partial charge in [-0.15, -0.1) is 0 Å². The molecule has 2 unspecified atom stereocenters. The van der Waals surface area contributed by atoms with Crippen molar-refractivity contribution in [2.24, 2.45) is 10.9 Å². The zero-order valence-electron chi connectivity index (χ0n) is 28.2. The molecule has 0 saturated heterocycles. The Labute approximate surface area is 257 Å². The zero-order valence-corrected chi connectivity index (χ0v) is 28.2. The summed E-state index contributed by atoms with van der Waals surface area (Å²) in [6, 6.07) is 0. The molecule has 0 spiro atoms. The van der Waals surface area contributed by atoms with Crippen molar-refractivity contribution < 1.29 is 4.79 Å². The van der Waals surface area contributed by atoms with Crippen LogP contribution in [0.15, 0.2) is 4.99 Å². The summed E-state index contributed by atoms with van der Waals surface area (Å²) < 4.78 is 0. The molecular formula is C37H73N3O. The first-order valence-corrected chi connectivity index (χ1v) is 18.8. The number of hydrogen-bond donors (Lipinski definition) is 2. The Morgan fingerprint density at radius 3 is 1.46 bits per heavy atom. The van der Waals surface area contributed by atoms with E-state index in [9.17, 15) is 4.79 Å². The molecule has 0 bridgehead atoms. The molecule has 0 aromatic heterocycles. The minimum absolute atomic E-state index is 0.000742. The number of unbranched alkanes of at least 4 members (excludes halogenated alkanes) is 23. The average molecular weight is 576 g/mol. The summed E-state index contributed by atoms with van der Waals surface area (Å²) in [6.07, 6.45) is 38.5. The fraction of sp³-hybridized carbons (Fsp3) is 0.946. The van der Waals surface area contributed by atoms with E-state index in [1.54, 1.807) is 0 Å². The summed E-state index contributed by atoms with van der Waals surface area (Å²) in [4.78, 5) is 17.3. The van der Waals surface area contributed by atoms with Crippen LogP contribution >= 0.6 is 0 Å². The van der Waals surface area contributed by atoms with Crippen LogP contribution < -0.4 is 10.6 Å². The second kappa shape index (κ2) is 29.0. The van der Waals surface area contributed by atoms with Crippen molar-refractivity contribution in [2.45, 2.75) is 213 Å². The maximum atomic E-state index is 12.5. The Balaban J connectivity index is 2.01. The third-order valence-corrected chi connectivity index (χ3v) is 9.04. The number of nitrogens with one attached hydrogen (secondary N) is 2. The minimum atomic E-state index is 0.000742. The molecule has 0 radical (unpaired) electrons. The van der Waals surface area contributed by atoms with Crippen molar-refractivity contribution in [2.75, 3.05) is 6.54 Å². The predicted octanol–water partition coefficient (Wildman–Crippen LogP) is 11.4. The van der Waals surface area contributed by atoms with Crippen molar-refractivity contribution in [1.29, 1.82) is 0 Å². The van der Waals surface area contributed by atoms with Crippen molar-refractivity contribution in [1.82, 2.24) is 10.6 Å². The van der Waals surface area contributed by atoms with Crippen LogP contribution in [-0.4, -0.2) is 24.5 Å². The lowest BCUT2D eigenvalue weighted by Crippen LogP contribution is -2.47. The molecule has 1 aliphatic rings. The number of carbonyl (C=O) groups is 1. The van der Waals surface area contributed by atoms with Crippen LogP contribution in [0.5, 0.6) is 0 Å². The van der Waals surface area contributed by atoms with E-state index in [0.29, 0.717) is 18.9 Å². The first-order chi connectivity index (χ1) is 20.2. The van der Waals surface area contributed by atoms with Crippen molar-refractivity contribution in [3.63, 3.8) is 0 Å². The summed E-state index contributed by atoms with van der Waals surface area (Å²) >= 11 is 0.